The van der Waals surface area contributed by atoms with Crippen LogP contribution in [0.1, 0.15) is 10.4 Å². The fraction of sp³-hybridized carbons (Fsp3) is 0.267. The van der Waals surface area contributed by atoms with E-state index in [0.29, 0.717) is 5.69 Å². The number of amides is 1. The first-order chi connectivity index (χ1) is 9.54. The third-order valence-electron chi connectivity index (χ3n) is 2.85. The molecular formula is C15H18N2O2S. The first-order valence-electron chi connectivity index (χ1n) is 6.35. The number of phenolic OH excluding ortho intramolecular Hbond substituents is 1. The van der Waals surface area contributed by atoms with Crippen molar-refractivity contribution in [2.45, 2.75) is 13.5 Å². The Labute approximate surface area is 122 Å². The van der Waals surface area contributed by atoms with Crippen molar-refractivity contribution in [1.82, 2.24) is 4.90 Å². The smallest absolute Gasteiger partial charge is 0.238 e. The van der Waals surface area contributed by atoms with Gasteiger partial charge in [0, 0.05) is 11.4 Å². The highest BCUT2D eigenvalue weighted by Gasteiger charge is 2.10. The second-order valence-corrected chi connectivity index (χ2v) is 5.85. The van der Waals surface area contributed by atoms with Crippen molar-refractivity contribution in [1.29, 1.82) is 0 Å². The second kappa shape index (κ2) is 6.54. The number of carbonyl (C=O) groups excluding carboxylic acids is 1. The number of benzene rings is 1. The van der Waals surface area contributed by atoms with Gasteiger partial charge in [-0.05, 0) is 43.1 Å². The van der Waals surface area contributed by atoms with Crippen molar-refractivity contribution in [3.05, 3.63) is 46.2 Å². The summed E-state index contributed by atoms with van der Waals surface area (Å²) in [5.41, 5.74) is 1.40. The molecule has 1 amide bonds. The van der Waals surface area contributed by atoms with Crippen LogP contribution in [0.2, 0.25) is 0 Å². The van der Waals surface area contributed by atoms with Crippen LogP contribution in [-0.4, -0.2) is 29.5 Å². The van der Waals surface area contributed by atoms with E-state index in [2.05, 4.69) is 5.32 Å². The topological polar surface area (TPSA) is 52.6 Å². The average Bonchev–Trinajstić information content (AvgIpc) is 2.85. The van der Waals surface area contributed by atoms with E-state index >= 15 is 0 Å². The van der Waals surface area contributed by atoms with Gasteiger partial charge in [-0.2, -0.15) is 0 Å². The molecule has 0 saturated heterocycles. The zero-order chi connectivity index (χ0) is 14.5. The first-order valence-corrected chi connectivity index (χ1v) is 7.23. The Hall–Kier alpha value is -1.85. The predicted molar refractivity (Wildman–Crippen MR) is 82.1 cm³/mol. The first kappa shape index (κ1) is 14.6. The molecule has 2 rings (SSSR count). The van der Waals surface area contributed by atoms with Gasteiger partial charge in [0.2, 0.25) is 5.91 Å². The molecule has 0 saturated carbocycles. The number of likely N-dealkylation sites (N-methyl/N-ethyl adjacent to an activating group) is 1. The molecule has 0 aliphatic heterocycles. The van der Waals surface area contributed by atoms with Crippen molar-refractivity contribution in [2.75, 3.05) is 18.9 Å². The van der Waals surface area contributed by atoms with Crippen LogP contribution in [0.3, 0.4) is 0 Å². The maximum atomic E-state index is 11.9. The van der Waals surface area contributed by atoms with Crippen molar-refractivity contribution < 1.29 is 9.90 Å². The second-order valence-electron chi connectivity index (χ2n) is 4.82. The van der Waals surface area contributed by atoms with Gasteiger partial charge < -0.3 is 10.4 Å². The number of phenols is 1. The molecule has 0 fully saturated rings. The molecule has 20 heavy (non-hydrogen) atoms. The van der Waals surface area contributed by atoms with Gasteiger partial charge in [0.25, 0.3) is 0 Å². The molecule has 0 atom stereocenters. The van der Waals surface area contributed by atoms with Crippen molar-refractivity contribution >= 4 is 22.9 Å². The monoisotopic (exact) mass is 290 g/mol. The van der Waals surface area contributed by atoms with Crippen molar-refractivity contribution in [2.24, 2.45) is 0 Å². The third-order valence-corrected chi connectivity index (χ3v) is 3.71. The zero-order valence-electron chi connectivity index (χ0n) is 11.6. The van der Waals surface area contributed by atoms with Crippen molar-refractivity contribution in [3.63, 3.8) is 0 Å². The van der Waals surface area contributed by atoms with Gasteiger partial charge in [0.15, 0.2) is 0 Å². The average molecular weight is 290 g/mol. The van der Waals surface area contributed by atoms with E-state index in [-0.39, 0.29) is 18.2 Å². The minimum absolute atomic E-state index is 0.0965. The molecule has 1 aromatic heterocycles. The Morgan fingerprint density at radius 2 is 2.20 bits per heavy atom. The van der Waals surface area contributed by atoms with E-state index in [9.17, 15) is 9.90 Å². The number of nitrogens with one attached hydrogen (secondary N) is 1. The van der Waals surface area contributed by atoms with Crippen LogP contribution in [0.15, 0.2) is 35.7 Å². The summed E-state index contributed by atoms with van der Waals surface area (Å²) in [6, 6.07) is 9.24. The SMILES string of the molecule is Cc1ccc(NC(=O)CN(C)Cc2cccs2)c(O)c1. The fourth-order valence-electron chi connectivity index (χ4n) is 1.91. The van der Waals surface area contributed by atoms with Crippen LogP contribution in [0, 0.1) is 6.92 Å². The minimum atomic E-state index is -0.136. The van der Waals surface area contributed by atoms with Gasteiger partial charge in [0.1, 0.15) is 5.75 Å². The van der Waals surface area contributed by atoms with E-state index in [1.165, 1.54) is 4.88 Å². The molecule has 1 aromatic carbocycles. The van der Waals surface area contributed by atoms with E-state index in [0.717, 1.165) is 12.1 Å². The molecular weight excluding hydrogens is 272 g/mol. The van der Waals surface area contributed by atoms with Crippen LogP contribution in [-0.2, 0) is 11.3 Å². The number of aryl methyl sites for hydroxylation is 1. The summed E-state index contributed by atoms with van der Waals surface area (Å²) < 4.78 is 0. The highest BCUT2D eigenvalue weighted by Crippen LogP contribution is 2.23. The van der Waals surface area contributed by atoms with Gasteiger partial charge in [-0.15, -0.1) is 11.3 Å². The van der Waals surface area contributed by atoms with Crippen LogP contribution >= 0.6 is 11.3 Å². The fourth-order valence-corrected chi connectivity index (χ4v) is 2.69. The van der Waals surface area contributed by atoms with Crippen LogP contribution in [0.4, 0.5) is 5.69 Å². The molecule has 2 aromatic rings. The number of anilines is 1. The van der Waals surface area contributed by atoms with Crippen LogP contribution in [0.25, 0.3) is 0 Å². The normalized spacial score (nSPS) is 10.8. The lowest BCUT2D eigenvalue weighted by atomic mass is 10.2. The Bertz CT molecular complexity index is 582. The summed E-state index contributed by atoms with van der Waals surface area (Å²) in [6.45, 7) is 2.91. The number of hydrogen-bond acceptors (Lipinski definition) is 4. The van der Waals surface area contributed by atoms with E-state index in [4.69, 9.17) is 0 Å². The Morgan fingerprint density at radius 3 is 2.85 bits per heavy atom. The number of hydrogen-bond donors (Lipinski definition) is 2. The van der Waals surface area contributed by atoms with Gasteiger partial charge >= 0.3 is 0 Å². The number of thiophene rings is 1. The van der Waals surface area contributed by atoms with Crippen LogP contribution in [0.5, 0.6) is 5.75 Å². The van der Waals surface area contributed by atoms with Gasteiger partial charge in [-0.25, -0.2) is 0 Å². The van der Waals surface area contributed by atoms with E-state index in [1.54, 1.807) is 23.5 Å². The van der Waals surface area contributed by atoms with Crippen LogP contribution < -0.4 is 5.32 Å². The molecule has 0 aliphatic carbocycles. The molecule has 5 heteroatoms. The molecule has 1 heterocycles. The number of nitrogens with zero attached hydrogens (tertiary/aromatic N) is 1. The van der Waals surface area contributed by atoms with Gasteiger partial charge in [0.05, 0.1) is 12.2 Å². The molecule has 2 N–H and O–H groups in total. The van der Waals surface area contributed by atoms with Gasteiger partial charge in [-0.3, -0.25) is 9.69 Å². The quantitative estimate of drug-likeness (QED) is 0.833. The molecule has 0 aliphatic rings. The van der Waals surface area contributed by atoms with E-state index in [1.807, 2.05) is 42.5 Å². The highest BCUT2D eigenvalue weighted by atomic mass is 32.1. The maximum Gasteiger partial charge on any atom is 0.238 e. The van der Waals surface area contributed by atoms with Gasteiger partial charge in [-0.1, -0.05) is 12.1 Å². The summed E-state index contributed by atoms with van der Waals surface area (Å²) in [5, 5.41) is 14.5. The summed E-state index contributed by atoms with van der Waals surface area (Å²) in [4.78, 5) is 15.1. The Morgan fingerprint density at radius 1 is 1.40 bits per heavy atom. The summed E-state index contributed by atoms with van der Waals surface area (Å²) >= 11 is 1.67. The Balaban J connectivity index is 1.88. The Kier molecular flexibility index (Phi) is 4.76. The van der Waals surface area contributed by atoms with Crippen molar-refractivity contribution in [3.8, 4) is 5.75 Å². The summed E-state index contributed by atoms with van der Waals surface area (Å²) in [7, 11) is 1.90. The minimum Gasteiger partial charge on any atom is -0.506 e. The lowest BCUT2D eigenvalue weighted by molar-refractivity contribution is -0.117. The lowest BCUT2D eigenvalue weighted by Crippen LogP contribution is -2.29. The van der Waals surface area contributed by atoms with E-state index < -0.39 is 0 Å². The largest absolute Gasteiger partial charge is 0.506 e. The molecule has 4 nitrogen and oxygen atoms in total. The maximum absolute atomic E-state index is 11.9. The third kappa shape index (κ3) is 4.08. The predicted octanol–water partition coefficient (Wildman–Crippen LogP) is 2.83. The number of carbonyl (C=O) groups is 1. The standard InChI is InChI=1S/C15H18N2O2S/c1-11-5-6-13(14(18)8-11)16-15(19)10-17(2)9-12-4-3-7-20-12/h3-8,18H,9-10H2,1-2H3,(H,16,19). The highest BCUT2D eigenvalue weighted by molar-refractivity contribution is 7.09. The number of aromatic hydroxyl groups is 1. The zero-order valence-corrected chi connectivity index (χ0v) is 12.4. The molecule has 0 spiro atoms. The number of rotatable bonds is 5. The molecule has 0 unspecified atom stereocenters. The molecule has 0 radical (unpaired) electrons. The molecule has 106 valence electrons. The summed E-state index contributed by atoms with van der Waals surface area (Å²) in [5.74, 6) is -0.0394. The molecule has 0 bridgehead atoms. The lowest BCUT2D eigenvalue weighted by Gasteiger charge is -2.15. The summed E-state index contributed by atoms with van der Waals surface area (Å²) in [6.07, 6.45) is 0.